The zero-order valence-electron chi connectivity index (χ0n) is 15.0. The molecule has 3 rings (SSSR count). The second-order valence-corrected chi connectivity index (χ2v) is 7.47. The summed E-state index contributed by atoms with van der Waals surface area (Å²) in [6.45, 7) is 9.57. The Hall–Kier alpha value is -0.820. The van der Waals surface area contributed by atoms with E-state index in [4.69, 9.17) is 10.7 Å². The fourth-order valence-electron chi connectivity index (χ4n) is 3.61. The Balaban J connectivity index is 0.00000208. The highest BCUT2D eigenvalue weighted by atomic mass is 127. The minimum Gasteiger partial charge on any atom is -0.370 e. The molecule has 1 aromatic rings. The van der Waals surface area contributed by atoms with Gasteiger partial charge in [0.15, 0.2) is 5.96 Å². The van der Waals surface area contributed by atoms with Crippen molar-refractivity contribution in [1.82, 2.24) is 9.80 Å². The normalized spacial score (nSPS) is 19.6. The number of guanidine groups is 1. The summed E-state index contributed by atoms with van der Waals surface area (Å²) in [7, 11) is 0. The van der Waals surface area contributed by atoms with Gasteiger partial charge in [-0.1, -0.05) is 24.3 Å². The van der Waals surface area contributed by atoms with Crippen LogP contribution in [0.25, 0.3) is 0 Å². The molecule has 0 bridgehead atoms. The van der Waals surface area contributed by atoms with E-state index in [2.05, 4.69) is 47.9 Å². The van der Waals surface area contributed by atoms with Crippen molar-refractivity contribution in [3.63, 3.8) is 0 Å². The fraction of sp³-hybridized carbons (Fsp3) is 0.632. The summed E-state index contributed by atoms with van der Waals surface area (Å²) in [6, 6.07) is 8.79. The summed E-state index contributed by atoms with van der Waals surface area (Å²) in [5, 5.41) is 0. The van der Waals surface area contributed by atoms with Crippen molar-refractivity contribution in [2.45, 2.75) is 51.6 Å². The van der Waals surface area contributed by atoms with E-state index in [-0.39, 0.29) is 29.5 Å². The van der Waals surface area contributed by atoms with Crippen LogP contribution in [0.2, 0.25) is 0 Å². The molecule has 2 heterocycles. The minimum absolute atomic E-state index is 0. The van der Waals surface area contributed by atoms with Crippen LogP contribution < -0.4 is 5.73 Å². The third-order valence-electron chi connectivity index (χ3n) is 5.29. The van der Waals surface area contributed by atoms with Crippen molar-refractivity contribution in [2.75, 3.05) is 26.2 Å². The topological polar surface area (TPSA) is 44.9 Å². The van der Waals surface area contributed by atoms with Crippen molar-refractivity contribution >= 4 is 29.9 Å². The van der Waals surface area contributed by atoms with Gasteiger partial charge in [-0.05, 0) is 50.7 Å². The molecule has 2 aliphatic heterocycles. The molecule has 0 saturated carbocycles. The van der Waals surface area contributed by atoms with Gasteiger partial charge in [0.1, 0.15) is 0 Å². The lowest BCUT2D eigenvalue weighted by atomic mass is 9.94. The number of hydrogen-bond acceptors (Lipinski definition) is 2. The van der Waals surface area contributed by atoms with Crippen LogP contribution >= 0.6 is 24.0 Å². The fourth-order valence-corrected chi connectivity index (χ4v) is 3.61. The predicted molar refractivity (Wildman–Crippen MR) is 112 cm³/mol. The zero-order chi connectivity index (χ0) is 16.3. The van der Waals surface area contributed by atoms with Crippen LogP contribution in [-0.2, 0) is 13.0 Å². The first kappa shape index (κ1) is 19.5. The molecule has 2 N–H and O–H groups in total. The Labute approximate surface area is 163 Å². The molecule has 5 heteroatoms. The van der Waals surface area contributed by atoms with E-state index in [1.807, 2.05) is 0 Å². The minimum atomic E-state index is 0. The summed E-state index contributed by atoms with van der Waals surface area (Å²) in [5.74, 6) is 0.732. The maximum Gasteiger partial charge on any atom is 0.191 e. The van der Waals surface area contributed by atoms with Gasteiger partial charge in [0.05, 0.1) is 6.54 Å². The van der Waals surface area contributed by atoms with Crippen molar-refractivity contribution in [1.29, 1.82) is 0 Å². The van der Waals surface area contributed by atoms with Crippen LogP contribution in [0.1, 0.15) is 44.2 Å². The summed E-state index contributed by atoms with van der Waals surface area (Å²) in [4.78, 5) is 9.51. The number of halogens is 1. The summed E-state index contributed by atoms with van der Waals surface area (Å²) >= 11 is 0. The molecule has 0 unspecified atom stereocenters. The maximum absolute atomic E-state index is 6.22. The quantitative estimate of drug-likeness (QED) is 0.444. The molecule has 24 heavy (non-hydrogen) atoms. The molecule has 0 amide bonds. The van der Waals surface area contributed by atoms with E-state index >= 15 is 0 Å². The molecule has 134 valence electrons. The molecular weight excluding hydrogens is 411 g/mol. The Morgan fingerprint density at radius 1 is 1.08 bits per heavy atom. The zero-order valence-corrected chi connectivity index (χ0v) is 17.3. The number of aliphatic imine (C=N–C) groups is 1. The summed E-state index contributed by atoms with van der Waals surface area (Å²) < 4.78 is 0. The summed E-state index contributed by atoms with van der Waals surface area (Å²) in [5.41, 5.74) is 9.21. The highest BCUT2D eigenvalue weighted by Gasteiger charge is 2.29. The second kappa shape index (κ2) is 8.52. The van der Waals surface area contributed by atoms with E-state index in [1.165, 1.54) is 30.4 Å². The van der Waals surface area contributed by atoms with Gasteiger partial charge < -0.3 is 10.6 Å². The number of nitrogens with two attached hydrogens (primary N) is 1. The highest BCUT2D eigenvalue weighted by Crippen LogP contribution is 2.25. The van der Waals surface area contributed by atoms with Crippen molar-refractivity contribution in [2.24, 2.45) is 10.7 Å². The monoisotopic (exact) mass is 442 g/mol. The molecule has 0 atom stereocenters. The van der Waals surface area contributed by atoms with Crippen LogP contribution in [0.15, 0.2) is 29.3 Å². The van der Waals surface area contributed by atoms with E-state index in [9.17, 15) is 0 Å². The Kier molecular flexibility index (Phi) is 6.92. The van der Waals surface area contributed by atoms with Gasteiger partial charge in [0.2, 0.25) is 0 Å². The molecule has 4 nitrogen and oxygen atoms in total. The van der Waals surface area contributed by atoms with E-state index < -0.39 is 0 Å². The first-order chi connectivity index (χ1) is 11.1. The van der Waals surface area contributed by atoms with Crippen LogP contribution in [0.3, 0.4) is 0 Å². The maximum atomic E-state index is 6.22. The van der Waals surface area contributed by atoms with E-state index in [0.717, 1.165) is 45.1 Å². The Bertz CT molecular complexity index is 564. The van der Waals surface area contributed by atoms with Gasteiger partial charge in [-0.2, -0.15) is 0 Å². The van der Waals surface area contributed by atoms with Crippen LogP contribution in [0.5, 0.6) is 0 Å². The second-order valence-electron chi connectivity index (χ2n) is 7.47. The van der Waals surface area contributed by atoms with E-state index in [0.29, 0.717) is 0 Å². The van der Waals surface area contributed by atoms with E-state index in [1.54, 1.807) is 0 Å². The summed E-state index contributed by atoms with van der Waals surface area (Å²) in [6.07, 6.45) is 4.93. The highest BCUT2D eigenvalue weighted by molar-refractivity contribution is 14.0. The lowest BCUT2D eigenvalue weighted by Crippen LogP contribution is -2.49. The lowest BCUT2D eigenvalue weighted by Gasteiger charge is -2.41. The number of nitrogens with zero attached hydrogens (tertiary/aromatic N) is 3. The predicted octanol–water partition coefficient (Wildman–Crippen LogP) is 3.24. The molecule has 0 spiro atoms. The number of rotatable bonds is 3. The number of likely N-dealkylation sites (tertiary alicyclic amines) is 1. The average Bonchev–Trinajstić information content (AvgIpc) is 2.60. The van der Waals surface area contributed by atoms with Gasteiger partial charge in [0.25, 0.3) is 0 Å². The van der Waals surface area contributed by atoms with Crippen LogP contribution in [0.4, 0.5) is 0 Å². The average molecular weight is 442 g/mol. The first-order valence-electron chi connectivity index (χ1n) is 8.93. The Morgan fingerprint density at radius 3 is 2.46 bits per heavy atom. The lowest BCUT2D eigenvalue weighted by molar-refractivity contribution is 0.111. The number of piperidine rings is 1. The van der Waals surface area contributed by atoms with Gasteiger partial charge in [-0.25, -0.2) is 0 Å². The number of fused-ring (bicyclic) bond motifs is 1. The third-order valence-corrected chi connectivity index (χ3v) is 5.29. The van der Waals surface area contributed by atoms with Gasteiger partial charge in [0, 0.05) is 31.7 Å². The smallest absolute Gasteiger partial charge is 0.191 e. The molecule has 1 fully saturated rings. The number of benzene rings is 1. The molecule has 0 radical (unpaired) electrons. The van der Waals surface area contributed by atoms with Crippen molar-refractivity contribution in [3.8, 4) is 0 Å². The third kappa shape index (κ3) is 4.63. The van der Waals surface area contributed by atoms with Gasteiger partial charge >= 0.3 is 0 Å². The van der Waals surface area contributed by atoms with Crippen LogP contribution in [0, 0.1) is 0 Å². The SMILES string of the molecule is CC(C)(CN=C(N)N1CCCCC1)N1CCc2ccccc2C1.I. The van der Waals surface area contributed by atoms with Crippen molar-refractivity contribution in [3.05, 3.63) is 35.4 Å². The van der Waals surface area contributed by atoms with Crippen LogP contribution in [-0.4, -0.2) is 47.5 Å². The number of hydrogen-bond donors (Lipinski definition) is 1. The van der Waals surface area contributed by atoms with Gasteiger partial charge in [-0.3, -0.25) is 9.89 Å². The van der Waals surface area contributed by atoms with Crippen molar-refractivity contribution < 1.29 is 0 Å². The molecule has 1 aromatic carbocycles. The molecule has 1 saturated heterocycles. The molecular formula is C19H31IN4. The first-order valence-corrected chi connectivity index (χ1v) is 8.93. The Morgan fingerprint density at radius 2 is 1.75 bits per heavy atom. The molecule has 0 aliphatic carbocycles. The molecule has 0 aromatic heterocycles. The standard InChI is InChI=1S/C19H30N4.HI/c1-19(2,15-21-18(20)22-11-6-3-7-12-22)23-13-10-16-8-4-5-9-17(16)14-23;/h4-5,8-9H,3,6-7,10-15H2,1-2H3,(H2,20,21);1H. The molecule has 2 aliphatic rings. The largest absolute Gasteiger partial charge is 0.370 e. The van der Waals surface area contributed by atoms with Gasteiger partial charge in [-0.15, -0.1) is 24.0 Å².